The predicted molar refractivity (Wildman–Crippen MR) is 101 cm³/mol. The van der Waals surface area contributed by atoms with E-state index in [-0.39, 0.29) is 16.6 Å². The largest absolute Gasteiger partial charge is 0.379 e. The van der Waals surface area contributed by atoms with Crippen LogP contribution in [0.1, 0.15) is 17.3 Å². The molecule has 3 aromatic carbocycles. The quantitative estimate of drug-likeness (QED) is 0.628. The van der Waals surface area contributed by atoms with Crippen molar-refractivity contribution in [2.45, 2.75) is 11.8 Å². The zero-order valence-corrected chi connectivity index (χ0v) is 15.3. The van der Waals surface area contributed by atoms with Gasteiger partial charge in [0.15, 0.2) is 0 Å². The summed E-state index contributed by atoms with van der Waals surface area (Å²) in [5.41, 5.74) is 1.22. The molecule has 3 aromatic rings. The second-order valence-electron chi connectivity index (χ2n) is 5.85. The lowest BCUT2D eigenvalue weighted by Crippen LogP contribution is -2.25. The third kappa shape index (κ3) is 2.53. The molecule has 4 rings (SSSR count). The van der Waals surface area contributed by atoms with Crippen molar-refractivity contribution in [3.63, 3.8) is 0 Å². The summed E-state index contributed by atoms with van der Waals surface area (Å²) < 4.78 is 30.9. The van der Waals surface area contributed by atoms with Crippen LogP contribution in [0.3, 0.4) is 0 Å². The Hall–Kier alpha value is -2.57. The fraction of sp³-hybridized carbons (Fsp3) is 0.105. The molecule has 0 bridgehead atoms. The second kappa shape index (κ2) is 6.00. The molecule has 1 amide bonds. The lowest BCUT2D eigenvalue weighted by Gasteiger charge is -2.15. The summed E-state index contributed by atoms with van der Waals surface area (Å²) >= 11 is 5.82. The van der Waals surface area contributed by atoms with Crippen LogP contribution in [0.5, 0.6) is 5.75 Å². The Morgan fingerprint density at radius 1 is 1.04 bits per heavy atom. The van der Waals surface area contributed by atoms with Crippen LogP contribution in [-0.4, -0.2) is 20.9 Å². The molecular weight excluding hydrogens is 374 g/mol. The van der Waals surface area contributed by atoms with Crippen molar-refractivity contribution in [1.82, 2.24) is 0 Å². The van der Waals surface area contributed by atoms with Crippen LogP contribution >= 0.6 is 11.6 Å². The van der Waals surface area contributed by atoms with Gasteiger partial charge in [-0.25, -0.2) is 0 Å². The maximum Gasteiger partial charge on any atom is 0.339 e. The van der Waals surface area contributed by atoms with Gasteiger partial charge in [0.05, 0.1) is 5.69 Å². The molecule has 26 heavy (non-hydrogen) atoms. The molecule has 0 spiro atoms. The zero-order chi connectivity index (χ0) is 18.5. The summed E-state index contributed by atoms with van der Waals surface area (Å²) in [6.45, 7) is 2.39. The van der Waals surface area contributed by atoms with Crippen LogP contribution in [0.15, 0.2) is 59.5 Å². The van der Waals surface area contributed by atoms with Crippen molar-refractivity contribution >= 4 is 44.1 Å². The van der Waals surface area contributed by atoms with Gasteiger partial charge in [0.1, 0.15) is 10.6 Å². The third-order valence-electron chi connectivity index (χ3n) is 4.35. The van der Waals surface area contributed by atoms with Crippen molar-refractivity contribution in [1.29, 1.82) is 0 Å². The third-order valence-corrected chi connectivity index (χ3v) is 5.91. The van der Waals surface area contributed by atoms with Crippen LogP contribution in [0.2, 0.25) is 5.02 Å². The molecule has 132 valence electrons. The van der Waals surface area contributed by atoms with E-state index >= 15 is 0 Å². The number of halogens is 1. The van der Waals surface area contributed by atoms with Crippen LogP contribution in [0.4, 0.5) is 5.69 Å². The summed E-state index contributed by atoms with van der Waals surface area (Å²) in [6.07, 6.45) is 0. The van der Waals surface area contributed by atoms with Gasteiger partial charge < -0.3 is 9.08 Å². The van der Waals surface area contributed by atoms with Gasteiger partial charge in [-0.3, -0.25) is 4.79 Å². The molecule has 0 atom stereocenters. The first-order valence-corrected chi connectivity index (χ1v) is 9.78. The zero-order valence-electron chi connectivity index (χ0n) is 13.8. The number of amides is 1. The molecule has 0 radical (unpaired) electrons. The van der Waals surface area contributed by atoms with Crippen molar-refractivity contribution in [3.05, 3.63) is 65.2 Å². The van der Waals surface area contributed by atoms with Crippen LogP contribution in [0, 0.1) is 0 Å². The topological polar surface area (TPSA) is 63.7 Å². The molecule has 0 aromatic heterocycles. The molecule has 5 nitrogen and oxygen atoms in total. The van der Waals surface area contributed by atoms with Crippen molar-refractivity contribution in [3.8, 4) is 5.75 Å². The lowest BCUT2D eigenvalue weighted by molar-refractivity contribution is 0.0994. The first kappa shape index (κ1) is 16.9. The normalized spacial score (nSPS) is 13.5. The summed E-state index contributed by atoms with van der Waals surface area (Å²) in [4.78, 5) is 14.2. The number of anilines is 1. The van der Waals surface area contributed by atoms with Crippen LogP contribution in [-0.2, 0) is 10.1 Å². The average molecular weight is 388 g/mol. The highest BCUT2D eigenvalue weighted by atomic mass is 35.5. The van der Waals surface area contributed by atoms with Gasteiger partial charge in [-0.1, -0.05) is 23.7 Å². The van der Waals surface area contributed by atoms with E-state index in [9.17, 15) is 13.2 Å². The summed E-state index contributed by atoms with van der Waals surface area (Å²) in [7, 11) is -4.07. The highest BCUT2D eigenvalue weighted by Gasteiger charge is 2.31. The van der Waals surface area contributed by atoms with Crippen LogP contribution < -0.4 is 9.08 Å². The van der Waals surface area contributed by atoms with Gasteiger partial charge in [-0.2, -0.15) is 8.42 Å². The molecule has 0 unspecified atom stereocenters. The molecular formula is C19H14ClNO4S. The standard InChI is InChI=1S/C19H14ClNO4S/c1-2-21-16-10-11-17(14-4-3-5-15(18(14)16)19(21)22)26(23,24)25-13-8-6-12(20)7-9-13/h3-11H,2H2,1H3. The molecule has 0 saturated carbocycles. The average Bonchev–Trinajstić information content (AvgIpc) is 2.90. The minimum absolute atomic E-state index is 0.0267. The van der Waals surface area contributed by atoms with Gasteiger partial charge in [0, 0.05) is 27.9 Å². The molecule has 0 saturated heterocycles. The van der Waals surface area contributed by atoms with E-state index in [2.05, 4.69) is 0 Å². The summed E-state index contributed by atoms with van der Waals surface area (Å²) in [5, 5.41) is 1.59. The summed E-state index contributed by atoms with van der Waals surface area (Å²) in [6, 6.07) is 14.3. The Kier molecular flexibility index (Phi) is 3.89. The fourth-order valence-electron chi connectivity index (χ4n) is 3.21. The Balaban J connectivity index is 1.87. The Labute approximate surface area is 155 Å². The number of nitrogens with zero attached hydrogens (tertiary/aromatic N) is 1. The van der Waals surface area contributed by atoms with Gasteiger partial charge in [0.2, 0.25) is 0 Å². The first-order chi connectivity index (χ1) is 12.4. The lowest BCUT2D eigenvalue weighted by atomic mass is 10.1. The van der Waals surface area contributed by atoms with Crippen molar-refractivity contribution in [2.24, 2.45) is 0 Å². The van der Waals surface area contributed by atoms with Crippen molar-refractivity contribution in [2.75, 3.05) is 11.4 Å². The Morgan fingerprint density at radius 2 is 1.77 bits per heavy atom. The fourth-order valence-corrected chi connectivity index (χ4v) is 4.47. The highest BCUT2D eigenvalue weighted by Crippen LogP contribution is 2.40. The molecule has 7 heteroatoms. The van der Waals surface area contributed by atoms with E-state index in [1.807, 2.05) is 6.92 Å². The van der Waals surface area contributed by atoms with Gasteiger partial charge >= 0.3 is 10.1 Å². The van der Waals surface area contributed by atoms with E-state index in [4.69, 9.17) is 15.8 Å². The first-order valence-electron chi connectivity index (χ1n) is 8.00. The number of carbonyl (C=O) groups is 1. The Bertz CT molecular complexity index is 1140. The molecule has 1 aliphatic rings. The monoisotopic (exact) mass is 387 g/mol. The maximum absolute atomic E-state index is 12.8. The number of rotatable bonds is 4. The minimum Gasteiger partial charge on any atom is -0.379 e. The van der Waals surface area contributed by atoms with E-state index in [1.165, 1.54) is 18.2 Å². The number of carbonyl (C=O) groups excluding carboxylic acids is 1. The predicted octanol–water partition coefficient (Wildman–Crippen LogP) is 4.24. The smallest absolute Gasteiger partial charge is 0.339 e. The van der Waals surface area contributed by atoms with E-state index in [1.54, 1.807) is 41.3 Å². The molecule has 0 aliphatic carbocycles. The highest BCUT2D eigenvalue weighted by molar-refractivity contribution is 7.87. The van der Waals surface area contributed by atoms with Crippen molar-refractivity contribution < 1.29 is 17.4 Å². The van der Waals surface area contributed by atoms with E-state index in [0.29, 0.717) is 33.6 Å². The van der Waals surface area contributed by atoms with E-state index in [0.717, 1.165) is 0 Å². The molecule has 1 heterocycles. The second-order valence-corrected chi connectivity index (χ2v) is 7.80. The van der Waals surface area contributed by atoms with Gasteiger partial charge in [-0.15, -0.1) is 0 Å². The van der Waals surface area contributed by atoms with Gasteiger partial charge in [0.25, 0.3) is 5.91 Å². The molecule has 0 N–H and O–H groups in total. The molecule has 0 fully saturated rings. The number of hydrogen-bond acceptors (Lipinski definition) is 4. The Morgan fingerprint density at radius 3 is 2.46 bits per heavy atom. The number of benzene rings is 3. The SMILES string of the molecule is CCN1C(=O)c2cccc3c(S(=O)(=O)Oc4ccc(Cl)cc4)ccc1c23. The van der Waals surface area contributed by atoms with E-state index < -0.39 is 10.1 Å². The summed E-state index contributed by atoms with van der Waals surface area (Å²) in [5.74, 6) is 0.0465. The minimum atomic E-state index is -4.07. The van der Waals surface area contributed by atoms with Crippen LogP contribution in [0.25, 0.3) is 10.8 Å². The maximum atomic E-state index is 12.8. The van der Waals surface area contributed by atoms with Gasteiger partial charge in [-0.05, 0) is 49.4 Å². The molecule has 1 aliphatic heterocycles. The number of hydrogen-bond donors (Lipinski definition) is 0.